The summed E-state index contributed by atoms with van der Waals surface area (Å²) in [5.74, 6) is 0.588. The molecule has 140 valence electrons. The molecule has 27 heavy (non-hydrogen) atoms. The molecule has 9 nitrogen and oxygen atoms in total. The van der Waals surface area contributed by atoms with Gasteiger partial charge in [0.25, 0.3) is 11.8 Å². The summed E-state index contributed by atoms with van der Waals surface area (Å²) in [4.78, 5) is 23.8. The van der Waals surface area contributed by atoms with E-state index < -0.39 is 11.8 Å². The van der Waals surface area contributed by atoms with E-state index in [0.717, 1.165) is 0 Å². The summed E-state index contributed by atoms with van der Waals surface area (Å²) in [5, 5.41) is 6.46. The number of anilines is 1. The number of nitrogens with one attached hydrogen (secondary N) is 1. The minimum Gasteiger partial charge on any atom is -0.497 e. The first-order valence-corrected chi connectivity index (χ1v) is 7.96. The molecule has 0 aliphatic rings. The number of benzene rings is 1. The quantitative estimate of drug-likeness (QED) is 0.655. The summed E-state index contributed by atoms with van der Waals surface area (Å²) in [6.07, 6.45) is 1.34. The molecule has 1 aromatic carbocycles. The third-order valence-electron chi connectivity index (χ3n) is 3.73. The van der Waals surface area contributed by atoms with E-state index in [1.807, 2.05) is 0 Å². The summed E-state index contributed by atoms with van der Waals surface area (Å²) in [6.45, 7) is 0.139. The van der Waals surface area contributed by atoms with Crippen molar-refractivity contribution in [3.05, 3.63) is 59.8 Å². The molecule has 0 saturated carbocycles. The van der Waals surface area contributed by atoms with Gasteiger partial charge in [-0.25, -0.2) is 0 Å². The molecule has 0 spiro atoms. The third-order valence-corrected chi connectivity index (χ3v) is 3.73. The van der Waals surface area contributed by atoms with Crippen LogP contribution in [-0.4, -0.2) is 28.7 Å². The van der Waals surface area contributed by atoms with Gasteiger partial charge in [-0.1, -0.05) is 6.07 Å². The molecule has 2 heterocycles. The van der Waals surface area contributed by atoms with Crippen molar-refractivity contribution < 1.29 is 23.5 Å². The lowest BCUT2D eigenvalue weighted by atomic mass is 10.3. The minimum atomic E-state index is -0.697. The molecule has 0 aliphatic heterocycles. The fourth-order valence-corrected chi connectivity index (χ4v) is 2.43. The highest BCUT2D eigenvalue weighted by Gasteiger charge is 2.18. The summed E-state index contributed by atoms with van der Waals surface area (Å²) < 4.78 is 17.5. The van der Waals surface area contributed by atoms with Gasteiger partial charge in [-0.15, -0.1) is 0 Å². The van der Waals surface area contributed by atoms with Gasteiger partial charge in [0, 0.05) is 13.1 Å². The fraction of sp³-hybridized carbons (Fsp3) is 0.167. The van der Waals surface area contributed by atoms with Crippen molar-refractivity contribution in [2.24, 2.45) is 12.8 Å². The predicted molar refractivity (Wildman–Crippen MR) is 95.7 cm³/mol. The van der Waals surface area contributed by atoms with E-state index in [1.54, 1.807) is 44.5 Å². The Morgan fingerprint density at radius 2 is 2.04 bits per heavy atom. The second-order valence-corrected chi connectivity index (χ2v) is 5.58. The second kappa shape index (κ2) is 7.65. The standard InChI is InChI=1S/C18H18N4O5/c1-22-16(17(19)23)14(9-20-22)21-18(24)15-7-6-13(27-15)10-26-12-5-3-4-11(8-12)25-2/h3-9H,10H2,1-2H3,(H2,19,23)(H,21,24). The lowest BCUT2D eigenvalue weighted by molar-refractivity contribution is 0.0992. The van der Waals surface area contributed by atoms with Gasteiger partial charge in [0.05, 0.1) is 19.0 Å². The van der Waals surface area contributed by atoms with Crippen LogP contribution in [0, 0.1) is 0 Å². The van der Waals surface area contributed by atoms with E-state index in [1.165, 1.54) is 16.9 Å². The topological polar surface area (TPSA) is 122 Å². The highest BCUT2D eigenvalue weighted by atomic mass is 16.5. The number of aryl methyl sites for hydroxylation is 1. The number of ether oxygens (including phenoxy) is 2. The number of amides is 2. The average molecular weight is 370 g/mol. The number of carbonyl (C=O) groups excluding carboxylic acids is 2. The Balaban J connectivity index is 1.65. The molecule has 0 aliphatic carbocycles. The molecule has 0 fully saturated rings. The highest BCUT2D eigenvalue weighted by Crippen LogP contribution is 2.21. The Bertz CT molecular complexity index is 976. The van der Waals surface area contributed by atoms with E-state index in [4.69, 9.17) is 19.6 Å². The van der Waals surface area contributed by atoms with Gasteiger partial charge in [0.1, 0.15) is 29.6 Å². The minimum absolute atomic E-state index is 0.0681. The monoisotopic (exact) mass is 370 g/mol. The van der Waals surface area contributed by atoms with Crippen LogP contribution in [0.4, 0.5) is 5.69 Å². The van der Waals surface area contributed by atoms with Crippen LogP contribution in [0.2, 0.25) is 0 Å². The van der Waals surface area contributed by atoms with E-state index in [2.05, 4.69) is 10.4 Å². The third kappa shape index (κ3) is 4.09. The maximum absolute atomic E-state index is 12.3. The molecule has 0 radical (unpaired) electrons. The molecule has 0 unspecified atom stereocenters. The van der Waals surface area contributed by atoms with Crippen molar-refractivity contribution in [2.75, 3.05) is 12.4 Å². The summed E-state index contributed by atoms with van der Waals surface area (Å²) in [6, 6.07) is 10.3. The van der Waals surface area contributed by atoms with Crippen molar-refractivity contribution >= 4 is 17.5 Å². The van der Waals surface area contributed by atoms with Crippen LogP contribution in [0.25, 0.3) is 0 Å². The van der Waals surface area contributed by atoms with E-state index in [0.29, 0.717) is 17.3 Å². The normalized spacial score (nSPS) is 10.4. The maximum Gasteiger partial charge on any atom is 0.291 e. The van der Waals surface area contributed by atoms with Crippen LogP contribution in [0.5, 0.6) is 11.5 Å². The molecule has 3 N–H and O–H groups in total. The summed E-state index contributed by atoms with van der Waals surface area (Å²) >= 11 is 0. The Labute approximate surface area is 154 Å². The van der Waals surface area contributed by atoms with Crippen molar-refractivity contribution in [3.63, 3.8) is 0 Å². The molecule has 0 bridgehead atoms. The van der Waals surface area contributed by atoms with Gasteiger partial charge in [0.15, 0.2) is 5.76 Å². The Morgan fingerprint density at radius 1 is 1.26 bits per heavy atom. The zero-order valence-electron chi connectivity index (χ0n) is 14.8. The van der Waals surface area contributed by atoms with Gasteiger partial charge >= 0.3 is 0 Å². The number of rotatable bonds is 7. The summed E-state index contributed by atoms with van der Waals surface area (Å²) in [5.41, 5.74) is 5.60. The molecule has 0 atom stereocenters. The first-order chi connectivity index (χ1) is 13.0. The van der Waals surface area contributed by atoms with Crippen molar-refractivity contribution in [3.8, 4) is 11.5 Å². The largest absolute Gasteiger partial charge is 0.497 e. The van der Waals surface area contributed by atoms with Crippen LogP contribution in [-0.2, 0) is 13.7 Å². The van der Waals surface area contributed by atoms with Gasteiger partial charge in [-0.3, -0.25) is 14.3 Å². The smallest absolute Gasteiger partial charge is 0.291 e. The van der Waals surface area contributed by atoms with Crippen LogP contribution in [0.1, 0.15) is 26.8 Å². The number of hydrogen-bond donors (Lipinski definition) is 2. The maximum atomic E-state index is 12.3. The van der Waals surface area contributed by atoms with Crippen molar-refractivity contribution in [1.82, 2.24) is 9.78 Å². The van der Waals surface area contributed by atoms with E-state index >= 15 is 0 Å². The van der Waals surface area contributed by atoms with Gasteiger partial charge in [0.2, 0.25) is 0 Å². The number of nitrogens with zero attached hydrogens (tertiary/aromatic N) is 2. The van der Waals surface area contributed by atoms with Crippen LogP contribution in [0.3, 0.4) is 0 Å². The van der Waals surface area contributed by atoms with E-state index in [-0.39, 0.29) is 23.7 Å². The zero-order chi connectivity index (χ0) is 19.4. The molecule has 9 heteroatoms. The average Bonchev–Trinajstić information content (AvgIpc) is 3.27. The zero-order valence-corrected chi connectivity index (χ0v) is 14.8. The van der Waals surface area contributed by atoms with Crippen LogP contribution in [0.15, 0.2) is 47.0 Å². The second-order valence-electron chi connectivity index (χ2n) is 5.58. The molecular weight excluding hydrogens is 352 g/mol. The molecule has 0 saturated heterocycles. The number of aromatic nitrogens is 2. The Kier molecular flexibility index (Phi) is 5.11. The number of methoxy groups -OCH3 is 1. The van der Waals surface area contributed by atoms with Gasteiger partial charge in [-0.05, 0) is 24.3 Å². The van der Waals surface area contributed by atoms with Crippen LogP contribution >= 0.6 is 0 Å². The lowest BCUT2D eigenvalue weighted by Gasteiger charge is -2.06. The molecule has 2 aromatic heterocycles. The molecular formula is C18H18N4O5. The molecule has 3 aromatic rings. The number of primary amides is 1. The fourth-order valence-electron chi connectivity index (χ4n) is 2.43. The first-order valence-electron chi connectivity index (χ1n) is 7.96. The van der Waals surface area contributed by atoms with Crippen molar-refractivity contribution in [1.29, 1.82) is 0 Å². The predicted octanol–water partition coefficient (Wildman–Crippen LogP) is 1.95. The van der Waals surface area contributed by atoms with Gasteiger partial charge in [-0.2, -0.15) is 5.10 Å². The first kappa shape index (κ1) is 18.1. The lowest BCUT2D eigenvalue weighted by Crippen LogP contribution is -2.20. The van der Waals surface area contributed by atoms with Gasteiger partial charge < -0.3 is 24.9 Å². The Hall–Kier alpha value is -3.75. The number of furan rings is 1. The van der Waals surface area contributed by atoms with Crippen molar-refractivity contribution in [2.45, 2.75) is 6.61 Å². The summed E-state index contributed by atoms with van der Waals surface area (Å²) in [7, 11) is 3.12. The number of nitrogens with two attached hydrogens (primary N) is 1. The molecule has 2 amide bonds. The van der Waals surface area contributed by atoms with Crippen LogP contribution < -0.4 is 20.5 Å². The Morgan fingerprint density at radius 3 is 2.78 bits per heavy atom. The number of hydrogen-bond acceptors (Lipinski definition) is 6. The molecule has 3 rings (SSSR count). The van der Waals surface area contributed by atoms with E-state index in [9.17, 15) is 9.59 Å². The highest BCUT2D eigenvalue weighted by molar-refractivity contribution is 6.06. The SMILES string of the molecule is COc1cccc(OCc2ccc(C(=O)Nc3cnn(C)c3C(N)=O)o2)c1. The number of carbonyl (C=O) groups is 2.